The predicted octanol–water partition coefficient (Wildman–Crippen LogP) is 4.73. The lowest BCUT2D eigenvalue weighted by molar-refractivity contribution is -0.125. The second-order valence-electron chi connectivity index (χ2n) is 8.07. The zero-order chi connectivity index (χ0) is 24.1. The van der Waals surface area contributed by atoms with E-state index >= 15 is 0 Å². The van der Waals surface area contributed by atoms with Crippen molar-refractivity contribution >= 4 is 34.8 Å². The number of hydrazine groups is 1. The van der Waals surface area contributed by atoms with Crippen molar-refractivity contribution in [3.63, 3.8) is 0 Å². The number of methoxy groups -OCH3 is 1. The third-order valence-corrected chi connectivity index (χ3v) is 6.06. The summed E-state index contributed by atoms with van der Waals surface area (Å²) in [7, 11) is 1.55. The number of carbonyl (C=O) groups is 2. The number of hydrogen-bond donors (Lipinski definition) is 2. The van der Waals surface area contributed by atoms with Gasteiger partial charge in [0.2, 0.25) is 11.8 Å². The number of para-hydroxylation sites is 1. The first kappa shape index (κ1) is 23.4. The molecule has 34 heavy (non-hydrogen) atoms. The van der Waals surface area contributed by atoms with Crippen molar-refractivity contribution in [2.75, 3.05) is 24.0 Å². The summed E-state index contributed by atoms with van der Waals surface area (Å²) in [6.45, 7) is 2.54. The molecule has 7 nitrogen and oxygen atoms in total. The topological polar surface area (TPSA) is 79.9 Å². The van der Waals surface area contributed by atoms with Gasteiger partial charge in [-0.15, -0.1) is 0 Å². The highest BCUT2D eigenvalue weighted by Crippen LogP contribution is 2.36. The number of nitrogens with one attached hydrogen (secondary N) is 2. The van der Waals surface area contributed by atoms with E-state index in [9.17, 15) is 9.59 Å². The van der Waals surface area contributed by atoms with Crippen molar-refractivity contribution in [3.8, 4) is 11.5 Å². The summed E-state index contributed by atoms with van der Waals surface area (Å²) in [6, 6.07) is 20.4. The molecule has 0 unspecified atom stereocenters. The molecule has 0 saturated carbocycles. The summed E-state index contributed by atoms with van der Waals surface area (Å²) in [5, 5.41) is 0.601. The molecule has 3 aromatic carbocycles. The Morgan fingerprint density at radius 3 is 2.59 bits per heavy atom. The maximum absolute atomic E-state index is 12.8. The molecule has 1 fully saturated rings. The van der Waals surface area contributed by atoms with Crippen LogP contribution in [0.1, 0.15) is 17.5 Å². The smallest absolute Gasteiger partial charge is 0.243 e. The van der Waals surface area contributed by atoms with Crippen LogP contribution < -0.4 is 25.2 Å². The Labute approximate surface area is 203 Å². The predicted molar refractivity (Wildman–Crippen MR) is 132 cm³/mol. The first-order valence-corrected chi connectivity index (χ1v) is 11.3. The van der Waals surface area contributed by atoms with E-state index in [2.05, 4.69) is 10.9 Å². The number of aryl methyl sites for hydroxylation is 1. The van der Waals surface area contributed by atoms with Crippen LogP contribution in [0.3, 0.4) is 0 Å². The van der Waals surface area contributed by atoms with Crippen LogP contribution in [0.4, 0.5) is 11.4 Å². The molecule has 1 atom stereocenters. The van der Waals surface area contributed by atoms with Gasteiger partial charge in [-0.3, -0.25) is 20.4 Å². The van der Waals surface area contributed by atoms with Gasteiger partial charge in [0.15, 0.2) is 11.5 Å². The van der Waals surface area contributed by atoms with E-state index in [1.54, 1.807) is 36.3 Å². The molecule has 1 saturated heterocycles. The second-order valence-corrected chi connectivity index (χ2v) is 8.48. The number of carbonyl (C=O) groups excluding carboxylic acids is 2. The first-order chi connectivity index (χ1) is 16.5. The largest absolute Gasteiger partial charge is 0.493 e. The van der Waals surface area contributed by atoms with Gasteiger partial charge in [-0.1, -0.05) is 53.6 Å². The number of anilines is 2. The zero-order valence-corrected chi connectivity index (χ0v) is 19.8. The average molecular weight is 480 g/mol. The number of nitrogens with zero attached hydrogens (tertiary/aromatic N) is 1. The monoisotopic (exact) mass is 479 g/mol. The van der Waals surface area contributed by atoms with Gasteiger partial charge >= 0.3 is 0 Å². The summed E-state index contributed by atoms with van der Waals surface area (Å²) < 4.78 is 11.4. The van der Waals surface area contributed by atoms with Crippen molar-refractivity contribution < 1.29 is 19.1 Å². The molecule has 0 radical (unpaired) electrons. The Morgan fingerprint density at radius 2 is 1.85 bits per heavy atom. The van der Waals surface area contributed by atoms with Crippen LogP contribution in [0.2, 0.25) is 5.02 Å². The highest BCUT2D eigenvalue weighted by molar-refractivity contribution is 6.31. The molecule has 0 aliphatic carbocycles. The Hall–Kier alpha value is -3.71. The van der Waals surface area contributed by atoms with Crippen LogP contribution in [-0.4, -0.2) is 25.5 Å². The highest BCUT2D eigenvalue weighted by Gasteiger charge is 2.35. The molecule has 0 spiro atoms. The number of amides is 2. The van der Waals surface area contributed by atoms with E-state index in [1.165, 1.54) is 0 Å². The van der Waals surface area contributed by atoms with E-state index < -0.39 is 5.92 Å². The fraction of sp³-hybridized carbons (Fsp3) is 0.231. The zero-order valence-electron chi connectivity index (χ0n) is 19.0. The lowest BCUT2D eigenvalue weighted by Crippen LogP contribution is -2.36. The SMILES string of the molecule is COc1cccc(NNC(=O)[C@@H]2CC(=O)N(c3ccc(C)cc3)C2)c1OCc1ccccc1Cl. The van der Waals surface area contributed by atoms with E-state index in [-0.39, 0.29) is 24.8 Å². The van der Waals surface area contributed by atoms with Crippen LogP contribution in [0, 0.1) is 12.8 Å². The van der Waals surface area contributed by atoms with Crippen LogP contribution in [-0.2, 0) is 16.2 Å². The first-order valence-electron chi connectivity index (χ1n) is 10.9. The molecule has 4 rings (SSSR count). The Kier molecular flexibility index (Phi) is 7.23. The van der Waals surface area contributed by atoms with Gasteiger partial charge < -0.3 is 14.4 Å². The number of benzene rings is 3. The van der Waals surface area contributed by atoms with Crippen LogP contribution in [0.25, 0.3) is 0 Å². The molecular formula is C26H26ClN3O4. The Bertz CT molecular complexity index is 1180. The summed E-state index contributed by atoms with van der Waals surface area (Å²) in [6.07, 6.45) is 0.148. The van der Waals surface area contributed by atoms with Crippen molar-refractivity contribution in [1.82, 2.24) is 5.43 Å². The fourth-order valence-corrected chi connectivity index (χ4v) is 3.97. The van der Waals surface area contributed by atoms with Crippen molar-refractivity contribution in [2.45, 2.75) is 20.0 Å². The van der Waals surface area contributed by atoms with Gasteiger partial charge in [-0.2, -0.15) is 0 Å². The second kappa shape index (κ2) is 10.5. The van der Waals surface area contributed by atoms with Gasteiger partial charge in [0.05, 0.1) is 18.7 Å². The van der Waals surface area contributed by atoms with Gasteiger partial charge in [0.1, 0.15) is 6.61 Å². The molecule has 1 aliphatic rings. The summed E-state index contributed by atoms with van der Waals surface area (Å²) in [4.78, 5) is 27.0. The minimum Gasteiger partial charge on any atom is -0.493 e. The molecule has 1 heterocycles. The molecule has 176 valence electrons. The summed E-state index contributed by atoms with van der Waals surface area (Å²) in [5.41, 5.74) is 8.90. The van der Waals surface area contributed by atoms with Gasteiger partial charge in [0.25, 0.3) is 0 Å². The minimum absolute atomic E-state index is 0.0749. The molecule has 8 heteroatoms. The lowest BCUT2D eigenvalue weighted by atomic mass is 10.1. The van der Waals surface area contributed by atoms with Gasteiger partial charge in [0, 0.05) is 29.2 Å². The van der Waals surface area contributed by atoms with Crippen LogP contribution >= 0.6 is 11.6 Å². The molecule has 2 N–H and O–H groups in total. The molecule has 2 amide bonds. The number of hydrogen-bond acceptors (Lipinski definition) is 5. The van der Waals surface area contributed by atoms with Crippen molar-refractivity contribution in [1.29, 1.82) is 0 Å². The third-order valence-electron chi connectivity index (χ3n) is 5.69. The quantitative estimate of drug-likeness (QED) is 0.456. The maximum atomic E-state index is 12.8. The average Bonchev–Trinajstić information content (AvgIpc) is 3.24. The normalized spacial score (nSPS) is 15.2. The number of rotatable bonds is 8. The molecular weight excluding hydrogens is 454 g/mol. The third kappa shape index (κ3) is 5.26. The number of halogens is 1. The van der Waals surface area contributed by atoms with Crippen molar-refractivity contribution in [3.05, 3.63) is 82.9 Å². The van der Waals surface area contributed by atoms with E-state index in [1.807, 2.05) is 49.4 Å². The molecule has 3 aromatic rings. The van der Waals surface area contributed by atoms with Gasteiger partial charge in [-0.25, -0.2) is 0 Å². The van der Waals surface area contributed by atoms with E-state index in [4.69, 9.17) is 21.1 Å². The minimum atomic E-state index is -0.473. The lowest BCUT2D eigenvalue weighted by Gasteiger charge is -2.19. The Balaban J connectivity index is 1.42. The highest BCUT2D eigenvalue weighted by atomic mass is 35.5. The van der Waals surface area contributed by atoms with Crippen LogP contribution in [0.5, 0.6) is 11.5 Å². The molecule has 0 aromatic heterocycles. The number of ether oxygens (including phenoxy) is 2. The summed E-state index contributed by atoms with van der Waals surface area (Å²) >= 11 is 6.24. The van der Waals surface area contributed by atoms with E-state index in [0.717, 1.165) is 16.8 Å². The fourth-order valence-electron chi connectivity index (χ4n) is 3.78. The summed E-state index contributed by atoms with van der Waals surface area (Å²) in [5.74, 6) is 0.123. The van der Waals surface area contributed by atoms with Crippen molar-refractivity contribution in [2.24, 2.45) is 5.92 Å². The molecule has 0 bridgehead atoms. The van der Waals surface area contributed by atoms with Gasteiger partial charge in [-0.05, 0) is 37.3 Å². The Morgan fingerprint density at radius 1 is 1.09 bits per heavy atom. The molecule has 1 aliphatic heterocycles. The van der Waals surface area contributed by atoms with Crippen LogP contribution in [0.15, 0.2) is 66.7 Å². The standard InChI is InChI=1S/C26H26ClN3O4/c1-17-10-12-20(13-11-17)30-15-19(14-24(30)31)26(32)29-28-22-8-5-9-23(33-2)25(22)34-16-18-6-3-4-7-21(18)27/h3-13,19,28H,14-16H2,1-2H3,(H,29,32)/t19-/m1/s1. The maximum Gasteiger partial charge on any atom is 0.243 e. The van der Waals surface area contributed by atoms with E-state index in [0.29, 0.717) is 28.8 Å².